The Bertz CT molecular complexity index is 947. The zero-order valence-corrected chi connectivity index (χ0v) is 16.4. The van der Waals surface area contributed by atoms with Crippen LogP contribution < -0.4 is 0 Å². The molecule has 0 aromatic carbocycles. The van der Waals surface area contributed by atoms with Crippen molar-refractivity contribution in [3.63, 3.8) is 0 Å². The van der Waals surface area contributed by atoms with E-state index in [1.165, 1.54) is 4.88 Å². The largest absolute Gasteiger partial charge is 0.342 e. The molecule has 1 atom stereocenters. The van der Waals surface area contributed by atoms with Crippen LogP contribution in [0.5, 0.6) is 0 Å². The summed E-state index contributed by atoms with van der Waals surface area (Å²) in [5.74, 6) is 1.67. The summed E-state index contributed by atoms with van der Waals surface area (Å²) < 4.78 is 0. The lowest BCUT2D eigenvalue weighted by atomic mass is 9.88. The van der Waals surface area contributed by atoms with E-state index in [4.69, 9.17) is 4.98 Å². The van der Waals surface area contributed by atoms with Crippen LogP contribution in [0.2, 0.25) is 0 Å². The van der Waals surface area contributed by atoms with Gasteiger partial charge in [-0.05, 0) is 37.8 Å². The first kappa shape index (κ1) is 17.5. The maximum absolute atomic E-state index is 13.1. The number of nitrogens with one attached hydrogen (secondary N) is 1. The topological polar surface area (TPSA) is 87.7 Å². The van der Waals surface area contributed by atoms with Crippen LogP contribution in [0.25, 0.3) is 10.6 Å². The maximum Gasteiger partial charge on any atom is 0.226 e. The lowest BCUT2D eigenvalue weighted by Crippen LogP contribution is -2.42. The molecule has 2 aliphatic rings. The Balaban J connectivity index is 1.24. The van der Waals surface area contributed by atoms with Gasteiger partial charge in [0.1, 0.15) is 17.2 Å². The van der Waals surface area contributed by atoms with Crippen LogP contribution >= 0.6 is 11.3 Å². The SMILES string of the molecule is O=C(C1CCc2sc(-c3ccncc3)nc2C1)N1CCC(c2ncn[nH]2)CC1. The van der Waals surface area contributed by atoms with E-state index in [1.54, 1.807) is 30.1 Å². The highest BCUT2D eigenvalue weighted by atomic mass is 32.1. The number of thiazole rings is 1. The van der Waals surface area contributed by atoms with Crippen molar-refractivity contribution in [2.45, 2.75) is 38.0 Å². The second-order valence-corrected chi connectivity index (χ2v) is 8.62. The van der Waals surface area contributed by atoms with Crippen LogP contribution in [0.4, 0.5) is 0 Å². The molecule has 28 heavy (non-hydrogen) atoms. The molecule has 1 N–H and O–H groups in total. The fourth-order valence-electron chi connectivity index (χ4n) is 4.25. The number of fused-ring (bicyclic) bond motifs is 1. The zero-order valence-electron chi connectivity index (χ0n) is 15.5. The first-order valence-electron chi connectivity index (χ1n) is 9.81. The third kappa shape index (κ3) is 3.32. The highest BCUT2D eigenvalue weighted by Gasteiger charge is 2.33. The maximum atomic E-state index is 13.1. The number of carbonyl (C=O) groups excluding carboxylic acids is 1. The number of rotatable bonds is 3. The number of amides is 1. The van der Waals surface area contributed by atoms with E-state index in [0.29, 0.717) is 11.8 Å². The molecule has 0 radical (unpaired) electrons. The molecule has 1 saturated heterocycles. The summed E-state index contributed by atoms with van der Waals surface area (Å²) in [6.45, 7) is 1.60. The molecule has 8 heteroatoms. The Labute approximate surface area is 167 Å². The number of likely N-dealkylation sites (tertiary alicyclic amines) is 1. The number of nitrogens with zero attached hydrogens (tertiary/aromatic N) is 5. The summed E-state index contributed by atoms with van der Waals surface area (Å²) in [5, 5.41) is 7.95. The van der Waals surface area contributed by atoms with E-state index in [1.807, 2.05) is 17.0 Å². The standard InChI is InChI=1S/C20H22N6OS/c27-20(26-9-5-13(6-10-26)18-22-12-23-25-18)15-1-2-17-16(11-15)24-19(28-17)14-3-7-21-8-4-14/h3-4,7-8,12-13,15H,1-2,5-6,9-11H2,(H,22,23,25). The highest BCUT2D eigenvalue weighted by Crippen LogP contribution is 2.35. The van der Waals surface area contributed by atoms with Crippen LogP contribution in [-0.2, 0) is 17.6 Å². The molecular weight excluding hydrogens is 372 g/mol. The molecule has 1 amide bonds. The van der Waals surface area contributed by atoms with Crippen molar-refractivity contribution in [2.75, 3.05) is 13.1 Å². The molecular formula is C20H22N6OS. The van der Waals surface area contributed by atoms with Gasteiger partial charge in [0.05, 0.1) is 5.69 Å². The van der Waals surface area contributed by atoms with Gasteiger partial charge in [0.25, 0.3) is 0 Å². The first-order valence-corrected chi connectivity index (χ1v) is 10.6. The molecule has 0 bridgehead atoms. The molecule has 1 fully saturated rings. The summed E-state index contributed by atoms with van der Waals surface area (Å²) in [6, 6.07) is 3.98. The van der Waals surface area contributed by atoms with Gasteiger partial charge in [-0.25, -0.2) is 9.97 Å². The van der Waals surface area contributed by atoms with Gasteiger partial charge in [0.2, 0.25) is 5.91 Å². The number of hydrogen-bond acceptors (Lipinski definition) is 6. The van der Waals surface area contributed by atoms with Crippen LogP contribution in [0.3, 0.4) is 0 Å². The molecule has 3 aromatic heterocycles. The van der Waals surface area contributed by atoms with E-state index in [-0.39, 0.29) is 5.92 Å². The number of aromatic amines is 1. The van der Waals surface area contributed by atoms with Crippen molar-refractivity contribution < 1.29 is 4.79 Å². The van der Waals surface area contributed by atoms with Gasteiger partial charge in [-0.2, -0.15) is 5.10 Å². The second-order valence-electron chi connectivity index (χ2n) is 7.53. The molecule has 3 aromatic rings. The Morgan fingerprint density at radius 2 is 2.00 bits per heavy atom. The van der Waals surface area contributed by atoms with Crippen LogP contribution in [-0.4, -0.2) is 49.0 Å². The van der Waals surface area contributed by atoms with E-state index in [2.05, 4.69) is 20.2 Å². The van der Waals surface area contributed by atoms with Crippen molar-refractivity contribution in [2.24, 2.45) is 5.92 Å². The summed E-state index contributed by atoms with van der Waals surface area (Å²) >= 11 is 1.76. The van der Waals surface area contributed by atoms with E-state index in [9.17, 15) is 4.79 Å². The fourth-order valence-corrected chi connectivity index (χ4v) is 5.36. The first-order chi connectivity index (χ1) is 13.8. The molecule has 7 nitrogen and oxygen atoms in total. The minimum absolute atomic E-state index is 0.0571. The lowest BCUT2D eigenvalue weighted by Gasteiger charge is -2.34. The molecule has 1 unspecified atom stereocenters. The van der Waals surface area contributed by atoms with Gasteiger partial charge in [0, 0.05) is 54.2 Å². The van der Waals surface area contributed by atoms with Gasteiger partial charge in [0.15, 0.2) is 0 Å². The average Bonchev–Trinajstić information content (AvgIpc) is 3.43. The number of aryl methyl sites for hydroxylation is 1. The van der Waals surface area contributed by atoms with Crippen LogP contribution in [0.1, 0.15) is 41.6 Å². The van der Waals surface area contributed by atoms with E-state index in [0.717, 1.165) is 67.3 Å². The summed E-state index contributed by atoms with van der Waals surface area (Å²) in [7, 11) is 0. The third-order valence-electron chi connectivity index (χ3n) is 5.84. The van der Waals surface area contributed by atoms with Gasteiger partial charge in [-0.15, -0.1) is 11.3 Å². The van der Waals surface area contributed by atoms with Gasteiger partial charge in [-0.3, -0.25) is 14.9 Å². The smallest absolute Gasteiger partial charge is 0.226 e. The number of aromatic nitrogens is 5. The Morgan fingerprint density at radius 3 is 2.75 bits per heavy atom. The Kier molecular flexibility index (Phi) is 4.64. The van der Waals surface area contributed by atoms with Crippen molar-refractivity contribution >= 4 is 17.2 Å². The van der Waals surface area contributed by atoms with Gasteiger partial charge >= 0.3 is 0 Å². The quantitative estimate of drug-likeness (QED) is 0.738. The van der Waals surface area contributed by atoms with E-state index < -0.39 is 0 Å². The second kappa shape index (κ2) is 7.43. The van der Waals surface area contributed by atoms with Crippen LogP contribution in [0, 0.1) is 5.92 Å². The monoisotopic (exact) mass is 394 g/mol. The molecule has 1 aliphatic heterocycles. The normalized spacial score (nSPS) is 20.1. The number of H-pyrrole nitrogens is 1. The van der Waals surface area contributed by atoms with E-state index >= 15 is 0 Å². The predicted molar refractivity (Wildman–Crippen MR) is 106 cm³/mol. The fraction of sp³-hybridized carbons (Fsp3) is 0.450. The Morgan fingerprint density at radius 1 is 1.18 bits per heavy atom. The van der Waals surface area contributed by atoms with Crippen molar-refractivity contribution in [3.8, 4) is 10.6 Å². The lowest BCUT2D eigenvalue weighted by molar-refractivity contribution is -0.137. The van der Waals surface area contributed by atoms with Gasteiger partial charge < -0.3 is 4.90 Å². The molecule has 0 saturated carbocycles. The van der Waals surface area contributed by atoms with Gasteiger partial charge in [-0.1, -0.05) is 0 Å². The number of carbonyl (C=O) groups is 1. The molecule has 0 spiro atoms. The number of pyridine rings is 1. The number of piperidine rings is 1. The minimum Gasteiger partial charge on any atom is -0.342 e. The number of hydrogen-bond donors (Lipinski definition) is 1. The minimum atomic E-state index is 0.0571. The third-order valence-corrected chi connectivity index (χ3v) is 7.05. The Hall–Kier alpha value is -2.61. The summed E-state index contributed by atoms with van der Waals surface area (Å²) in [4.78, 5) is 29.7. The van der Waals surface area contributed by atoms with Crippen molar-refractivity contribution in [1.29, 1.82) is 0 Å². The summed E-state index contributed by atoms with van der Waals surface area (Å²) in [5.41, 5.74) is 2.21. The summed E-state index contributed by atoms with van der Waals surface area (Å²) in [6.07, 6.45) is 9.67. The van der Waals surface area contributed by atoms with Crippen molar-refractivity contribution in [1.82, 2.24) is 30.0 Å². The highest BCUT2D eigenvalue weighted by molar-refractivity contribution is 7.15. The molecule has 144 valence electrons. The molecule has 1 aliphatic carbocycles. The van der Waals surface area contributed by atoms with Crippen LogP contribution in [0.15, 0.2) is 30.9 Å². The molecule has 4 heterocycles. The average molecular weight is 395 g/mol. The van der Waals surface area contributed by atoms with Crippen molar-refractivity contribution in [3.05, 3.63) is 47.2 Å². The zero-order chi connectivity index (χ0) is 18.9. The molecule has 5 rings (SSSR count). The predicted octanol–water partition coefficient (Wildman–Crippen LogP) is 2.83.